The van der Waals surface area contributed by atoms with Crippen molar-refractivity contribution in [2.45, 2.75) is 97.2 Å². The molecule has 0 unspecified atom stereocenters. The number of aromatic amines is 1. The Hall–Kier alpha value is -5.57. The van der Waals surface area contributed by atoms with E-state index in [4.69, 9.17) is 18.9 Å². The lowest BCUT2D eigenvalue weighted by Gasteiger charge is -2.43. The van der Waals surface area contributed by atoms with E-state index in [9.17, 15) is 19.5 Å². The summed E-state index contributed by atoms with van der Waals surface area (Å²) in [6, 6.07) is 14.6. The fourth-order valence-corrected chi connectivity index (χ4v) is 10.1. The highest BCUT2D eigenvalue weighted by Gasteiger charge is 2.45. The molecule has 384 valence electrons. The number of aromatic nitrogens is 2. The predicted molar refractivity (Wildman–Crippen MR) is 266 cm³/mol. The van der Waals surface area contributed by atoms with Gasteiger partial charge in [0, 0.05) is 66.9 Å². The number of aliphatic hydroxyl groups is 1. The molecule has 0 radical (unpaired) electrons. The molecule has 0 saturated carbocycles. The highest BCUT2D eigenvalue weighted by molar-refractivity contribution is 7.13. The third kappa shape index (κ3) is 13.1. The van der Waals surface area contributed by atoms with Gasteiger partial charge in [-0.1, -0.05) is 51.1 Å². The smallest absolute Gasteiger partial charge is 0.261 e. The Bertz CT molecular complexity index is 2610. The minimum atomic E-state index is -1.61. The molecule has 3 aromatic carbocycles. The summed E-state index contributed by atoms with van der Waals surface area (Å²) in [4.78, 5) is 52.5. The van der Waals surface area contributed by atoms with Gasteiger partial charge in [0.05, 0.1) is 66.9 Å². The molecule has 19 heteroatoms. The summed E-state index contributed by atoms with van der Waals surface area (Å²) in [6.45, 7) is 12.5. The molecule has 7 rings (SSSR count). The van der Waals surface area contributed by atoms with Crippen LogP contribution in [0, 0.1) is 24.0 Å². The van der Waals surface area contributed by atoms with Crippen LogP contribution in [0.2, 0.25) is 0 Å². The lowest BCUT2D eigenvalue weighted by Crippen LogP contribution is -2.59. The predicted octanol–water partition coefficient (Wildman–Crippen LogP) is 7.05. The van der Waals surface area contributed by atoms with E-state index >= 15 is 13.2 Å². The first-order chi connectivity index (χ1) is 33.7. The van der Waals surface area contributed by atoms with Crippen LogP contribution in [0.5, 0.6) is 5.75 Å². The number of halogens is 3. The molecule has 2 aromatic heterocycles. The zero-order valence-corrected chi connectivity index (χ0v) is 42.5. The lowest BCUT2D eigenvalue weighted by molar-refractivity contribution is -0.144. The van der Waals surface area contributed by atoms with E-state index in [1.165, 1.54) is 18.7 Å². The number of ether oxygens (including phenoxy) is 4. The second-order valence-electron chi connectivity index (χ2n) is 19.9. The van der Waals surface area contributed by atoms with Crippen molar-refractivity contribution in [1.29, 1.82) is 0 Å². The minimum Gasteiger partial charge on any atom is -0.491 e. The first-order valence-corrected chi connectivity index (χ1v) is 24.8. The molecular weight excluding hydrogens is 940 g/mol. The number of nitrogens with zero attached hydrogens (tertiary/aromatic N) is 4. The number of nitrogens with one attached hydrogen (secondary N) is 3. The largest absolute Gasteiger partial charge is 0.491 e. The molecule has 4 heterocycles. The zero-order valence-electron chi connectivity index (χ0n) is 41.7. The number of fused-ring (bicyclic) bond motifs is 3. The number of anilines is 1. The van der Waals surface area contributed by atoms with E-state index in [1.54, 1.807) is 49.7 Å². The maximum absolute atomic E-state index is 16.0. The van der Waals surface area contributed by atoms with E-state index < -0.39 is 64.7 Å². The van der Waals surface area contributed by atoms with Crippen molar-refractivity contribution in [1.82, 2.24) is 30.5 Å². The molecule has 3 amide bonds. The number of rotatable bonds is 21. The number of hydrogen-bond donors (Lipinski definition) is 4. The van der Waals surface area contributed by atoms with Crippen LogP contribution < -0.4 is 20.5 Å². The molecule has 1 fully saturated rings. The first-order valence-electron chi connectivity index (χ1n) is 23.9. The second kappa shape index (κ2) is 22.9. The van der Waals surface area contributed by atoms with Crippen molar-refractivity contribution >= 4 is 45.6 Å². The summed E-state index contributed by atoms with van der Waals surface area (Å²) in [7, 11) is 1.69. The van der Waals surface area contributed by atoms with Gasteiger partial charge in [-0.05, 0) is 68.9 Å². The summed E-state index contributed by atoms with van der Waals surface area (Å²) in [6.07, 6.45) is -0.289. The minimum absolute atomic E-state index is 0.00681. The summed E-state index contributed by atoms with van der Waals surface area (Å²) in [5, 5.41) is 15.9. The van der Waals surface area contributed by atoms with Crippen LogP contribution in [-0.4, -0.2) is 139 Å². The van der Waals surface area contributed by atoms with Gasteiger partial charge in [-0.25, -0.2) is 18.2 Å². The molecule has 0 bridgehead atoms. The fourth-order valence-electron chi connectivity index (χ4n) is 9.27. The van der Waals surface area contributed by atoms with Crippen LogP contribution in [0.3, 0.4) is 0 Å². The number of aliphatic hydroxyl groups excluding tert-OH is 1. The number of amides is 3. The van der Waals surface area contributed by atoms with Gasteiger partial charge in [0.15, 0.2) is 0 Å². The van der Waals surface area contributed by atoms with E-state index in [0.717, 1.165) is 44.7 Å². The third-order valence-electron chi connectivity index (χ3n) is 12.7. The van der Waals surface area contributed by atoms with Crippen LogP contribution in [0.25, 0.3) is 21.3 Å². The molecule has 1 saturated heterocycles. The van der Waals surface area contributed by atoms with Crippen molar-refractivity contribution in [2.24, 2.45) is 5.41 Å². The van der Waals surface area contributed by atoms with Crippen molar-refractivity contribution < 1.29 is 51.6 Å². The average molecular weight is 1010 g/mol. The fraction of sp³-hybridized carbons (Fsp3) is 0.500. The number of carbonyl (C=O) groups excluding carboxylic acids is 3. The van der Waals surface area contributed by atoms with Crippen LogP contribution in [0.15, 0.2) is 66.2 Å². The number of β-amino-alcohol motifs (C(OH)–C–C–N with tert-alkyl or cyclic N) is 1. The number of alkyl halides is 1. The average Bonchev–Trinajstić information content (AvgIpc) is 4.03. The normalized spacial score (nSPS) is 18.9. The van der Waals surface area contributed by atoms with Gasteiger partial charge >= 0.3 is 0 Å². The summed E-state index contributed by atoms with van der Waals surface area (Å²) < 4.78 is 69.5. The molecule has 5 aromatic rings. The number of H-pyrrole nitrogens is 1. The van der Waals surface area contributed by atoms with Gasteiger partial charge in [0.25, 0.3) is 5.91 Å². The molecule has 4 N–H and O–H groups in total. The van der Waals surface area contributed by atoms with Crippen molar-refractivity contribution in [3.63, 3.8) is 0 Å². The number of thiazole rings is 1. The number of para-hydroxylation sites is 1. The molecule has 71 heavy (non-hydrogen) atoms. The Balaban J connectivity index is 0.815. The Morgan fingerprint density at radius 3 is 2.24 bits per heavy atom. The summed E-state index contributed by atoms with van der Waals surface area (Å²) in [5.74, 6) is -3.12. The quantitative estimate of drug-likeness (QED) is 0.0439. The molecule has 0 spiro atoms. The molecular formula is C52H66F3N7O8S. The highest BCUT2D eigenvalue weighted by Crippen LogP contribution is 2.44. The van der Waals surface area contributed by atoms with E-state index in [1.807, 2.05) is 67.3 Å². The standard InChI is InChI=1S/C52H66F3N7O8S/c1-31-23-38-37-11-9-10-12-41(37)57-45(38)46(62(31)29-52(6,7)55)44-39(53)25-36(26-40(44)54)70-22-21-68-18-17-67-19-20-69-28-43(64)58-48(51(3,4)5)50(66)61-27-35(63)24-42(61)49(65)59-60(8)34-15-13-33(14-16-34)47-32(2)56-30-71-47/h9-16,25-26,30-31,35,42,46,48,57,63H,17-24,27-29H2,1-8H3,(H,58,64)(H,59,65)/t31-,35-,42+,46-,48-/m1/s1. The van der Waals surface area contributed by atoms with Gasteiger partial charge < -0.3 is 39.3 Å². The van der Waals surface area contributed by atoms with Crippen LogP contribution in [0.1, 0.15) is 76.5 Å². The van der Waals surface area contributed by atoms with Crippen molar-refractivity contribution in [2.75, 3.05) is 71.4 Å². The Morgan fingerprint density at radius 2 is 1.61 bits per heavy atom. The summed E-state index contributed by atoms with van der Waals surface area (Å²) >= 11 is 1.55. The molecule has 5 atom stereocenters. The van der Waals surface area contributed by atoms with Gasteiger partial charge in [-0.3, -0.25) is 29.7 Å². The molecule has 15 nitrogen and oxygen atoms in total. The molecule has 2 aliphatic heterocycles. The first kappa shape index (κ1) is 53.2. The second-order valence-corrected chi connectivity index (χ2v) is 20.8. The van der Waals surface area contributed by atoms with Crippen LogP contribution in [-0.2, 0) is 35.0 Å². The number of carbonyl (C=O) groups is 3. The monoisotopic (exact) mass is 1010 g/mol. The molecule has 0 aliphatic carbocycles. The Kier molecular flexibility index (Phi) is 17.2. The van der Waals surface area contributed by atoms with E-state index in [0.29, 0.717) is 17.8 Å². The van der Waals surface area contributed by atoms with Crippen LogP contribution >= 0.6 is 11.3 Å². The maximum atomic E-state index is 16.0. The van der Waals surface area contributed by atoms with Gasteiger partial charge in [0.1, 0.15) is 48.4 Å². The maximum Gasteiger partial charge on any atom is 0.261 e. The SMILES string of the molecule is Cc1ncsc1-c1ccc(N(C)NC(=O)[C@@H]2C[C@@H](O)CN2C(=O)[C@@H](NC(=O)COCCOCCOCCOc2cc(F)c([C@@H]3c4[nH]c5ccccc5c4C[C@@H](C)N3CC(C)(C)F)c(F)c2)C(C)(C)C)cc1. The number of hydrazine groups is 1. The lowest BCUT2D eigenvalue weighted by atomic mass is 9.85. The summed E-state index contributed by atoms with van der Waals surface area (Å²) in [5.41, 5.74) is 7.20. The topological polar surface area (TPSA) is 171 Å². The highest BCUT2D eigenvalue weighted by atomic mass is 32.1. The van der Waals surface area contributed by atoms with Crippen LogP contribution in [0.4, 0.5) is 18.9 Å². The Labute approximate surface area is 417 Å². The Morgan fingerprint density at radius 1 is 0.958 bits per heavy atom. The van der Waals surface area contributed by atoms with Crippen molar-refractivity contribution in [3.05, 3.63) is 100 Å². The van der Waals surface area contributed by atoms with Gasteiger partial charge in [-0.15, -0.1) is 11.3 Å². The van der Waals surface area contributed by atoms with E-state index in [2.05, 4.69) is 20.7 Å². The zero-order chi connectivity index (χ0) is 51.2. The number of hydrogen-bond acceptors (Lipinski definition) is 12. The number of likely N-dealkylation sites (tertiary alicyclic amines) is 1. The number of benzene rings is 3. The third-order valence-corrected chi connectivity index (χ3v) is 13.7. The molecule has 2 aliphatic rings. The van der Waals surface area contributed by atoms with Gasteiger partial charge in [-0.2, -0.15) is 0 Å². The van der Waals surface area contributed by atoms with E-state index in [-0.39, 0.29) is 83.1 Å². The van der Waals surface area contributed by atoms with Crippen molar-refractivity contribution in [3.8, 4) is 16.2 Å². The number of aryl methyl sites for hydroxylation is 1. The van der Waals surface area contributed by atoms with Gasteiger partial charge in [0.2, 0.25) is 11.8 Å².